The van der Waals surface area contributed by atoms with Crippen LogP contribution in [0.15, 0.2) is 59.1 Å². The Bertz CT molecular complexity index is 1450. The molecule has 184 valence electrons. The van der Waals surface area contributed by atoms with E-state index in [0.29, 0.717) is 22.8 Å². The number of aromatic nitrogens is 1. The monoisotopic (exact) mass is 482 g/mol. The predicted octanol–water partition coefficient (Wildman–Crippen LogP) is 6.44. The van der Waals surface area contributed by atoms with Crippen molar-refractivity contribution in [3.05, 3.63) is 71.5 Å². The summed E-state index contributed by atoms with van der Waals surface area (Å²) in [5.74, 6) is 0.244. The van der Waals surface area contributed by atoms with Crippen molar-refractivity contribution in [3.8, 4) is 0 Å². The number of nitrogens with zero attached hydrogens (tertiary/aromatic N) is 2. The Balaban J connectivity index is 1.38. The Hall–Kier alpha value is -3.67. The molecule has 0 spiro atoms. The molecule has 1 aliphatic carbocycles. The first-order chi connectivity index (χ1) is 17.5. The highest BCUT2D eigenvalue weighted by Crippen LogP contribution is 2.40. The van der Waals surface area contributed by atoms with Gasteiger partial charge in [-0.1, -0.05) is 19.1 Å². The molecule has 1 atom stereocenters. The number of ether oxygens (including phenoxy) is 1. The molecule has 1 amide bonds. The molecule has 0 saturated heterocycles. The standard InChI is InChI=1S/C30H30N2O4/c1-18-6-10-21(11-7-18)29(33)32-19(2)35-30(34)25-17-28-24(16-26(25)32)23-15-20(9-13-27(23)36-28)8-12-22-5-3-4-14-31-22/h3-5,9,13-19,21H,6-8,10-12H2,1-2H3. The second-order valence-electron chi connectivity index (χ2n) is 10.3. The number of furan rings is 1. The Morgan fingerprint density at radius 2 is 1.78 bits per heavy atom. The smallest absolute Gasteiger partial charge is 0.342 e. The van der Waals surface area contributed by atoms with Gasteiger partial charge >= 0.3 is 5.97 Å². The van der Waals surface area contributed by atoms with Gasteiger partial charge in [0.15, 0.2) is 6.23 Å². The maximum absolute atomic E-state index is 13.7. The van der Waals surface area contributed by atoms with Crippen LogP contribution in [-0.2, 0) is 22.4 Å². The number of amides is 1. The summed E-state index contributed by atoms with van der Waals surface area (Å²) >= 11 is 0. The van der Waals surface area contributed by atoms with E-state index in [1.54, 1.807) is 17.9 Å². The molecule has 0 N–H and O–H groups in total. The fourth-order valence-electron chi connectivity index (χ4n) is 5.66. The molecular formula is C30H30N2O4. The van der Waals surface area contributed by atoms with E-state index in [0.717, 1.165) is 60.6 Å². The molecule has 4 aromatic rings. The third-order valence-electron chi connectivity index (χ3n) is 7.77. The molecule has 2 aliphatic rings. The van der Waals surface area contributed by atoms with E-state index >= 15 is 0 Å². The summed E-state index contributed by atoms with van der Waals surface area (Å²) in [6.07, 6.45) is 6.75. The van der Waals surface area contributed by atoms with E-state index in [1.807, 2.05) is 36.5 Å². The Morgan fingerprint density at radius 3 is 2.56 bits per heavy atom. The molecule has 2 aromatic heterocycles. The highest BCUT2D eigenvalue weighted by atomic mass is 16.6. The number of cyclic esters (lactones) is 1. The minimum atomic E-state index is -0.638. The van der Waals surface area contributed by atoms with Gasteiger partial charge in [-0.2, -0.15) is 0 Å². The van der Waals surface area contributed by atoms with E-state index in [-0.39, 0.29) is 11.8 Å². The second-order valence-corrected chi connectivity index (χ2v) is 10.3. The van der Waals surface area contributed by atoms with Crippen LogP contribution in [0.1, 0.15) is 61.1 Å². The molecule has 6 rings (SSSR count). The van der Waals surface area contributed by atoms with Crippen LogP contribution in [0.25, 0.3) is 21.9 Å². The van der Waals surface area contributed by atoms with Gasteiger partial charge in [0.1, 0.15) is 11.2 Å². The summed E-state index contributed by atoms with van der Waals surface area (Å²) in [6.45, 7) is 4.02. The molecular weight excluding hydrogens is 452 g/mol. The number of fused-ring (bicyclic) bond motifs is 4. The van der Waals surface area contributed by atoms with Gasteiger partial charge in [0.25, 0.3) is 0 Å². The van der Waals surface area contributed by atoms with Gasteiger partial charge in [0, 0.05) is 28.6 Å². The number of aryl methyl sites for hydroxylation is 2. The average Bonchev–Trinajstić information content (AvgIpc) is 3.24. The number of hydrogen-bond donors (Lipinski definition) is 0. The van der Waals surface area contributed by atoms with Gasteiger partial charge in [-0.3, -0.25) is 14.7 Å². The van der Waals surface area contributed by atoms with Gasteiger partial charge < -0.3 is 9.15 Å². The zero-order valence-corrected chi connectivity index (χ0v) is 20.7. The normalized spacial score (nSPS) is 22.0. The van der Waals surface area contributed by atoms with E-state index in [9.17, 15) is 9.59 Å². The first kappa shape index (κ1) is 22.8. The van der Waals surface area contributed by atoms with Crippen LogP contribution in [0, 0.1) is 11.8 Å². The second kappa shape index (κ2) is 9.08. The lowest BCUT2D eigenvalue weighted by Gasteiger charge is -2.37. The summed E-state index contributed by atoms with van der Waals surface area (Å²) in [5.41, 5.74) is 4.63. The minimum absolute atomic E-state index is 0.0386. The van der Waals surface area contributed by atoms with Crippen molar-refractivity contribution in [2.24, 2.45) is 11.8 Å². The zero-order chi connectivity index (χ0) is 24.8. The fourth-order valence-corrected chi connectivity index (χ4v) is 5.66. The SMILES string of the molecule is CC1CCC(C(=O)N2c3cc4c(cc3C(=O)OC2C)oc2ccc(CCc3ccccn3)cc24)CC1. The quantitative estimate of drug-likeness (QED) is 0.313. The van der Waals surface area contributed by atoms with Gasteiger partial charge in [0.05, 0.1) is 11.3 Å². The van der Waals surface area contributed by atoms with E-state index in [1.165, 1.54) is 5.56 Å². The number of carbonyl (C=O) groups excluding carboxylic acids is 2. The van der Waals surface area contributed by atoms with Crippen LogP contribution in [0.2, 0.25) is 0 Å². The molecule has 0 radical (unpaired) electrons. The van der Waals surface area contributed by atoms with Gasteiger partial charge in [0.2, 0.25) is 5.91 Å². The van der Waals surface area contributed by atoms with Crippen molar-refractivity contribution >= 4 is 39.5 Å². The average molecular weight is 483 g/mol. The van der Waals surface area contributed by atoms with E-state index < -0.39 is 12.2 Å². The fraction of sp³-hybridized carbons (Fsp3) is 0.367. The molecule has 1 aliphatic heterocycles. The van der Waals surface area contributed by atoms with Gasteiger partial charge in [-0.15, -0.1) is 0 Å². The number of esters is 1. The number of rotatable bonds is 4. The maximum atomic E-state index is 13.7. The van der Waals surface area contributed by atoms with E-state index in [4.69, 9.17) is 9.15 Å². The van der Waals surface area contributed by atoms with Crippen LogP contribution >= 0.6 is 0 Å². The molecule has 6 heteroatoms. The van der Waals surface area contributed by atoms with Crippen molar-refractivity contribution < 1.29 is 18.7 Å². The number of pyridine rings is 1. The zero-order valence-electron chi connectivity index (χ0n) is 20.7. The number of anilines is 1. The number of benzene rings is 2. The highest BCUT2D eigenvalue weighted by molar-refractivity contribution is 6.13. The first-order valence-corrected chi connectivity index (χ1v) is 12.9. The van der Waals surface area contributed by atoms with Gasteiger partial charge in [-0.25, -0.2) is 4.79 Å². The lowest BCUT2D eigenvalue weighted by molar-refractivity contribution is -0.125. The van der Waals surface area contributed by atoms with E-state index in [2.05, 4.69) is 24.0 Å². The van der Waals surface area contributed by atoms with Crippen molar-refractivity contribution in [1.29, 1.82) is 0 Å². The molecule has 1 unspecified atom stereocenters. The Labute approximate surface area is 210 Å². The molecule has 1 fully saturated rings. The minimum Gasteiger partial charge on any atom is -0.456 e. The van der Waals surface area contributed by atoms with Crippen molar-refractivity contribution in [2.45, 2.75) is 58.6 Å². The molecule has 2 aromatic carbocycles. The molecule has 3 heterocycles. The van der Waals surface area contributed by atoms with Gasteiger partial charge in [-0.05, 0) is 93.3 Å². The van der Waals surface area contributed by atoms with Crippen LogP contribution in [0.4, 0.5) is 5.69 Å². The summed E-state index contributed by atoms with van der Waals surface area (Å²) < 4.78 is 11.7. The van der Waals surface area contributed by atoms with Crippen molar-refractivity contribution in [3.63, 3.8) is 0 Å². The topological polar surface area (TPSA) is 72.6 Å². The molecule has 1 saturated carbocycles. The van der Waals surface area contributed by atoms with Crippen molar-refractivity contribution in [2.75, 3.05) is 4.90 Å². The lowest BCUT2D eigenvalue weighted by atomic mass is 9.82. The molecule has 6 nitrogen and oxygen atoms in total. The van der Waals surface area contributed by atoms with Crippen LogP contribution in [0.5, 0.6) is 0 Å². The Morgan fingerprint density at radius 1 is 0.972 bits per heavy atom. The summed E-state index contributed by atoms with van der Waals surface area (Å²) in [7, 11) is 0. The number of hydrogen-bond acceptors (Lipinski definition) is 5. The molecule has 36 heavy (non-hydrogen) atoms. The Kier molecular flexibility index (Phi) is 5.75. The number of carbonyl (C=O) groups is 2. The lowest BCUT2D eigenvalue weighted by Crippen LogP contribution is -2.48. The summed E-state index contributed by atoms with van der Waals surface area (Å²) in [5, 5.41) is 1.89. The first-order valence-electron chi connectivity index (χ1n) is 12.9. The molecule has 0 bridgehead atoms. The third kappa shape index (κ3) is 4.04. The summed E-state index contributed by atoms with van der Waals surface area (Å²) in [4.78, 5) is 32.6. The van der Waals surface area contributed by atoms with Crippen LogP contribution in [-0.4, -0.2) is 23.1 Å². The van der Waals surface area contributed by atoms with Crippen molar-refractivity contribution in [1.82, 2.24) is 4.98 Å². The third-order valence-corrected chi connectivity index (χ3v) is 7.77. The van der Waals surface area contributed by atoms with Crippen LogP contribution in [0.3, 0.4) is 0 Å². The predicted molar refractivity (Wildman–Crippen MR) is 139 cm³/mol. The summed E-state index contributed by atoms with van der Waals surface area (Å²) in [6, 6.07) is 15.8. The van der Waals surface area contributed by atoms with Crippen LogP contribution < -0.4 is 4.90 Å². The largest absolute Gasteiger partial charge is 0.456 e. The highest BCUT2D eigenvalue weighted by Gasteiger charge is 2.38. The maximum Gasteiger partial charge on any atom is 0.342 e.